The molecule has 0 bridgehead atoms. The van der Waals surface area contributed by atoms with Crippen molar-refractivity contribution in [1.82, 2.24) is 0 Å². The number of methoxy groups -OCH3 is 1. The van der Waals surface area contributed by atoms with Crippen LogP contribution in [0.2, 0.25) is 5.02 Å². The van der Waals surface area contributed by atoms with Gasteiger partial charge in [-0.3, -0.25) is 0 Å². The third kappa shape index (κ3) is 4.32. The normalized spacial score (nSPS) is 11.8. The van der Waals surface area contributed by atoms with E-state index in [0.717, 1.165) is 0 Å². The second-order valence-corrected chi connectivity index (χ2v) is 4.17. The van der Waals surface area contributed by atoms with E-state index in [2.05, 4.69) is 6.07 Å². The van der Waals surface area contributed by atoms with E-state index in [1.165, 1.54) is 19.2 Å². The van der Waals surface area contributed by atoms with Gasteiger partial charge in [0.1, 0.15) is 0 Å². The van der Waals surface area contributed by atoms with Crippen molar-refractivity contribution in [1.29, 1.82) is 0 Å². The van der Waals surface area contributed by atoms with Gasteiger partial charge in [0.25, 0.3) is 0 Å². The standard InChI is InChI=1S/C9H7ClF3OS/c1-14-5-6-2-3-7(10)4-8(6)15-9(11,12)13/h2,4H,5H2,1H3. The Morgan fingerprint density at radius 3 is 2.73 bits per heavy atom. The molecule has 0 heterocycles. The number of hydrogen-bond acceptors (Lipinski definition) is 2. The van der Waals surface area contributed by atoms with Crippen LogP contribution in [0, 0.1) is 6.07 Å². The molecule has 1 nitrogen and oxygen atoms in total. The van der Waals surface area contributed by atoms with Gasteiger partial charge in [-0.15, -0.1) is 0 Å². The Labute approximate surface area is 94.6 Å². The number of halogens is 4. The van der Waals surface area contributed by atoms with Crippen LogP contribution in [0.3, 0.4) is 0 Å². The smallest absolute Gasteiger partial charge is 0.380 e. The molecule has 1 rings (SSSR count). The Hall–Kier alpha value is -0.390. The van der Waals surface area contributed by atoms with Crippen molar-refractivity contribution in [2.75, 3.05) is 7.11 Å². The van der Waals surface area contributed by atoms with Gasteiger partial charge >= 0.3 is 5.51 Å². The maximum atomic E-state index is 12.2. The molecule has 0 aliphatic heterocycles. The summed E-state index contributed by atoms with van der Waals surface area (Å²) >= 11 is 5.37. The maximum Gasteiger partial charge on any atom is 0.446 e. The SMILES string of the molecule is COCc1c[c]c(Cl)cc1SC(F)(F)F. The van der Waals surface area contributed by atoms with Crippen LogP contribution in [0.25, 0.3) is 0 Å². The first-order chi connectivity index (χ1) is 6.92. The van der Waals surface area contributed by atoms with E-state index >= 15 is 0 Å². The van der Waals surface area contributed by atoms with E-state index < -0.39 is 5.51 Å². The van der Waals surface area contributed by atoms with E-state index in [4.69, 9.17) is 16.3 Å². The van der Waals surface area contributed by atoms with Crippen molar-refractivity contribution in [2.24, 2.45) is 0 Å². The molecule has 0 saturated carbocycles. The van der Waals surface area contributed by atoms with Gasteiger partial charge in [-0.05, 0) is 29.5 Å². The zero-order chi connectivity index (χ0) is 11.5. The first-order valence-electron chi connectivity index (χ1n) is 3.87. The second kappa shape index (κ2) is 5.09. The number of ether oxygens (including phenoxy) is 1. The monoisotopic (exact) mass is 255 g/mol. The lowest BCUT2D eigenvalue weighted by atomic mass is 10.2. The third-order valence-electron chi connectivity index (χ3n) is 1.48. The molecule has 0 aliphatic carbocycles. The van der Waals surface area contributed by atoms with Crippen LogP contribution in [-0.2, 0) is 11.3 Å². The van der Waals surface area contributed by atoms with Gasteiger partial charge < -0.3 is 4.74 Å². The van der Waals surface area contributed by atoms with Crippen molar-refractivity contribution in [3.63, 3.8) is 0 Å². The fraction of sp³-hybridized carbons (Fsp3) is 0.333. The van der Waals surface area contributed by atoms with E-state index in [-0.39, 0.29) is 28.3 Å². The van der Waals surface area contributed by atoms with Gasteiger partial charge in [-0.2, -0.15) is 13.2 Å². The molecule has 6 heteroatoms. The number of benzene rings is 1. The average Bonchev–Trinajstić information content (AvgIpc) is 2.07. The van der Waals surface area contributed by atoms with Crippen LogP contribution in [0.1, 0.15) is 5.56 Å². The predicted octanol–water partition coefficient (Wildman–Crippen LogP) is 3.90. The fourth-order valence-corrected chi connectivity index (χ4v) is 1.87. The Morgan fingerprint density at radius 1 is 1.53 bits per heavy atom. The molecular formula is C9H7ClF3OS. The molecule has 0 aromatic heterocycles. The molecule has 0 unspecified atom stereocenters. The number of rotatable bonds is 3. The van der Waals surface area contributed by atoms with Crippen molar-refractivity contribution >= 4 is 23.4 Å². The fourth-order valence-electron chi connectivity index (χ4n) is 0.965. The summed E-state index contributed by atoms with van der Waals surface area (Å²) in [4.78, 5) is 0.0492. The van der Waals surface area contributed by atoms with Gasteiger partial charge in [-0.1, -0.05) is 11.6 Å². The minimum absolute atomic E-state index is 0.0492. The summed E-state index contributed by atoms with van der Waals surface area (Å²) in [7, 11) is 1.41. The third-order valence-corrected chi connectivity index (χ3v) is 2.53. The van der Waals surface area contributed by atoms with E-state index in [0.29, 0.717) is 5.56 Å². The highest BCUT2D eigenvalue weighted by atomic mass is 35.5. The van der Waals surface area contributed by atoms with E-state index in [1.807, 2.05) is 0 Å². The Balaban J connectivity index is 2.96. The number of thioether (sulfide) groups is 1. The molecule has 1 aromatic rings. The van der Waals surface area contributed by atoms with Crippen molar-refractivity contribution in [2.45, 2.75) is 17.0 Å². The molecule has 0 amide bonds. The van der Waals surface area contributed by atoms with Crippen molar-refractivity contribution < 1.29 is 17.9 Å². The summed E-state index contributed by atoms with van der Waals surface area (Å²) < 4.78 is 41.3. The Kier molecular flexibility index (Phi) is 4.31. The van der Waals surface area contributed by atoms with E-state index in [9.17, 15) is 13.2 Å². The summed E-state index contributed by atoms with van der Waals surface area (Å²) in [6.07, 6.45) is 0. The predicted molar refractivity (Wildman–Crippen MR) is 52.9 cm³/mol. The molecule has 15 heavy (non-hydrogen) atoms. The zero-order valence-electron chi connectivity index (χ0n) is 7.69. The molecule has 0 spiro atoms. The quantitative estimate of drug-likeness (QED) is 0.758. The van der Waals surface area contributed by atoms with Crippen molar-refractivity contribution in [3.05, 3.63) is 28.8 Å². The molecule has 0 aliphatic rings. The first kappa shape index (κ1) is 12.7. The van der Waals surface area contributed by atoms with Crippen LogP contribution < -0.4 is 0 Å². The van der Waals surface area contributed by atoms with Gasteiger partial charge in [0.2, 0.25) is 0 Å². The van der Waals surface area contributed by atoms with Gasteiger partial charge in [0.05, 0.1) is 6.61 Å². The highest BCUT2D eigenvalue weighted by Crippen LogP contribution is 2.39. The molecule has 0 fully saturated rings. The van der Waals surface area contributed by atoms with E-state index in [1.54, 1.807) is 0 Å². The van der Waals surface area contributed by atoms with Gasteiger partial charge in [-0.25, -0.2) is 0 Å². The lowest BCUT2D eigenvalue weighted by Gasteiger charge is -2.10. The molecule has 0 saturated heterocycles. The topological polar surface area (TPSA) is 9.23 Å². The summed E-state index contributed by atoms with van der Waals surface area (Å²) in [5, 5.41) is 0.154. The highest BCUT2D eigenvalue weighted by molar-refractivity contribution is 8.00. The Bertz CT molecular complexity index is 341. The van der Waals surface area contributed by atoms with Crippen LogP contribution in [0.5, 0.6) is 0 Å². The van der Waals surface area contributed by atoms with Gasteiger partial charge in [0, 0.05) is 23.1 Å². The highest BCUT2D eigenvalue weighted by Gasteiger charge is 2.30. The van der Waals surface area contributed by atoms with Crippen LogP contribution in [0.15, 0.2) is 17.0 Å². The maximum absolute atomic E-state index is 12.2. The number of hydrogen-bond donors (Lipinski definition) is 0. The first-order valence-corrected chi connectivity index (χ1v) is 5.06. The van der Waals surface area contributed by atoms with Crippen LogP contribution in [-0.4, -0.2) is 12.6 Å². The molecule has 1 radical (unpaired) electrons. The van der Waals surface area contributed by atoms with Gasteiger partial charge in [0.15, 0.2) is 0 Å². The number of alkyl halides is 3. The lowest BCUT2D eigenvalue weighted by molar-refractivity contribution is -0.0328. The Morgan fingerprint density at radius 2 is 2.20 bits per heavy atom. The summed E-state index contributed by atoms with van der Waals surface area (Å²) in [5.41, 5.74) is -3.91. The zero-order valence-corrected chi connectivity index (χ0v) is 9.26. The van der Waals surface area contributed by atoms with Crippen LogP contribution >= 0.6 is 23.4 Å². The summed E-state index contributed by atoms with van der Waals surface area (Å²) in [5.74, 6) is 0. The molecule has 0 atom stereocenters. The minimum atomic E-state index is -4.33. The summed E-state index contributed by atoms with van der Waals surface area (Å²) in [6, 6.07) is 5.25. The largest absolute Gasteiger partial charge is 0.446 e. The molecule has 0 N–H and O–H groups in total. The minimum Gasteiger partial charge on any atom is -0.380 e. The molecule has 83 valence electrons. The molecular weight excluding hydrogens is 249 g/mol. The van der Waals surface area contributed by atoms with Crippen molar-refractivity contribution in [3.8, 4) is 0 Å². The van der Waals surface area contributed by atoms with Crippen LogP contribution in [0.4, 0.5) is 13.2 Å². The summed E-state index contributed by atoms with van der Waals surface area (Å²) in [6.45, 7) is 0.103. The second-order valence-electron chi connectivity index (χ2n) is 2.65. The lowest BCUT2D eigenvalue weighted by Crippen LogP contribution is -2.01. The average molecular weight is 256 g/mol. The molecule has 1 aromatic carbocycles.